The molecule has 3 rings (SSSR count). The molecule has 5 nitrogen and oxygen atoms in total. The molecule has 0 aromatic heterocycles. The third-order valence-electron chi connectivity index (χ3n) is 3.72. The second-order valence-electron chi connectivity index (χ2n) is 5.41. The van der Waals surface area contributed by atoms with Gasteiger partial charge < -0.3 is 5.32 Å². The van der Waals surface area contributed by atoms with Crippen molar-refractivity contribution in [2.24, 2.45) is 5.92 Å². The van der Waals surface area contributed by atoms with Crippen LogP contribution in [0.1, 0.15) is 25.7 Å². The lowest BCUT2D eigenvalue weighted by Crippen LogP contribution is -2.37. The number of carbonyl (C=O) groups excluding carboxylic acids is 1. The van der Waals surface area contributed by atoms with E-state index in [1.165, 1.54) is 4.31 Å². The summed E-state index contributed by atoms with van der Waals surface area (Å²) in [5.74, 6) is 0.438. The standard InChI is InChI=1S/C14H18N2O3S/c17-14(11-3-4-11)15-12-5-7-13(8-6-12)16-9-1-2-10-20(16,18)19/h5-8,11H,1-4,9-10H2,(H,15,17). The fourth-order valence-electron chi connectivity index (χ4n) is 2.38. The summed E-state index contributed by atoms with van der Waals surface area (Å²) in [7, 11) is -3.17. The first-order valence-electron chi connectivity index (χ1n) is 6.98. The van der Waals surface area contributed by atoms with E-state index in [0.29, 0.717) is 12.2 Å². The summed E-state index contributed by atoms with van der Waals surface area (Å²) in [4.78, 5) is 11.6. The minimum atomic E-state index is -3.17. The lowest BCUT2D eigenvalue weighted by molar-refractivity contribution is -0.117. The van der Waals surface area contributed by atoms with Gasteiger partial charge in [0.05, 0.1) is 11.4 Å². The van der Waals surface area contributed by atoms with Gasteiger partial charge in [0.25, 0.3) is 0 Å². The Bertz CT molecular complexity index is 606. The van der Waals surface area contributed by atoms with E-state index in [1.807, 2.05) is 0 Å². The number of hydrogen-bond acceptors (Lipinski definition) is 3. The van der Waals surface area contributed by atoms with Crippen molar-refractivity contribution in [2.75, 3.05) is 21.9 Å². The van der Waals surface area contributed by atoms with Crippen molar-refractivity contribution in [1.82, 2.24) is 0 Å². The molecule has 1 aliphatic carbocycles. The summed E-state index contributed by atoms with van der Waals surface area (Å²) < 4.78 is 25.5. The van der Waals surface area contributed by atoms with Crippen LogP contribution in [0.15, 0.2) is 24.3 Å². The van der Waals surface area contributed by atoms with Gasteiger partial charge in [-0.05, 0) is 49.9 Å². The minimum absolute atomic E-state index is 0.0587. The highest BCUT2D eigenvalue weighted by Gasteiger charge is 2.29. The first-order chi connectivity index (χ1) is 9.56. The highest BCUT2D eigenvalue weighted by Crippen LogP contribution is 2.30. The van der Waals surface area contributed by atoms with E-state index in [4.69, 9.17) is 0 Å². The summed E-state index contributed by atoms with van der Waals surface area (Å²) in [5, 5.41) is 2.85. The van der Waals surface area contributed by atoms with Gasteiger partial charge in [0.15, 0.2) is 0 Å². The molecule has 1 aromatic carbocycles. The second kappa shape index (κ2) is 5.09. The Hall–Kier alpha value is -1.56. The Morgan fingerprint density at radius 1 is 1.15 bits per heavy atom. The van der Waals surface area contributed by atoms with Crippen molar-refractivity contribution in [3.63, 3.8) is 0 Å². The van der Waals surface area contributed by atoms with Gasteiger partial charge in [-0.15, -0.1) is 0 Å². The molecular formula is C14H18N2O3S. The third kappa shape index (κ3) is 2.80. The monoisotopic (exact) mass is 294 g/mol. The van der Waals surface area contributed by atoms with E-state index < -0.39 is 10.0 Å². The fourth-order valence-corrected chi connectivity index (χ4v) is 4.02. The Morgan fingerprint density at radius 2 is 1.85 bits per heavy atom. The van der Waals surface area contributed by atoms with Crippen LogP contribution in [0.4, 0.5) is 11.4 Å². The lowest BCUT2D eigenvalue weighted by atomic mass is 10.2. The molecule has 1 aliphatic heterocycles. The topological polar surface area (TPSA) is 66.5 Å². The molecule has 0 bridgehead atoms. The molecule has 0 atom stereocenters. The predicted molar refractivity (Wildman–Crippen MR) is 78.2 cm³/mol. The van der Waals surface area contributed by atoms with E-state index in [9.17, 15) is 13.2 Å². The fraction of sp³-hybridized carbons (Fsp3) is 0.500. The quantitative estimate of drug-likeness (QED) is 0.926. The number of anilines is 2. The molecule has 1 N–H and O–H groups in total. The van der Waals surface area contributed by atoms with Crippen molar-refractivity contribution in [3.05, 3.63) is 24.3 Å². The molecule has 1 heterocycles. The molecule has 108 valence electrons. The molecule has 20 heavy (non-hydrogen) atoms. The normalized spacial score (nSPS) is 21.5. The lowest BCUT2D eigenvalue weighted by Gasteiger charge is -2.28. The van der Waals surface area contributed by atoms with Crippen molar-refractivity contribution >= 4 is 27.3 Å². The number of hydrogen-bond donors (Lipinski definition) is 1. The maximum absolute atomic E-state index is 12.0. The summed E-state index contributed by atoms with van der Waals surface area (Å²) in [5.41, 5.74) is 1.40. The zero-order chi connectivity index (χ0) is 14.2. The van der Waals surface area contributed by atoms with Crippen LogP contribution in [0.25, 0.3) is 0 Å². The number of nitrogens with zero attached hydrogens (tertiary/aromatic N) is 1. The zero-order valence-corrected chi connectivity index (χ0v) is 12.0. The molecule has 2 fully saturated rings. The summed E-state index contributed by atoms with van der Waals surface area (Å²) >= 11 is 0. The van der Waals surface area contributed by atoms with Gasteiger partial charge in [-0.25, -0.2) is 8.42 Å². The average Bonchev–Trinajstić information content (AvgIpc) is 3.24. The molecular weight excluding hydrogens is 276 g/mol. The molecule has 1 saturated heterocycles. The zero-order valence-electron chi connectivity index (χ0n) is 11.2. The molecule has 0 spiro atoms. The molecule has 2 aliphatic rings. The summed E-state index contributed by atoms with van der Waals surface area (Å²) in [6.07, 6.45) is 3.56. The molecule has 0 radical (unpaired) electrons. The third-order valence-corrected chi connectivity index (χ3v) is 5.59. The van der Waals surface area contributed by atoms with Crippen molar-refractivity contribution in [2.45, 2.75) is 25.7 Å². The Labute approximate surface area is 119 Å². The number of amides is 1. The van der Waals surface area contributed by atoms with Crippen LogP contribution in [-0.2, 0) is 14.8 Å². The summed E-state index contributed by atoms with van der Waals surface area (Å²) in [6, 6.07) is 7.04. The Kier molecular flexibility index (Phi) is 3.41. The van der Waals surface area contributed by atoms with Crippen LogP contribution >= 0.6 is 0 Å². The van der Waals surface area contributed by atoms with Gasteiger partial charge >= 0.3 is 0 Å². The molecule has 1 amide bonds. The second-order valence-corrected chi connectivity index (χ2v) is 7.42. The van der Waals surface area contributed by atoms with Crippen LogP contribution in [0.3, 0.4) is 0 Å². The van der Waals surface area contributed by atoms with E-state index >= 15 is 0 Å². The van der Waals surface area contributed by atoms with Crippen molar-refractivity contribution in [3.8, 4) is 0 Å². The first kappa shape index (κ1) is 13.4. The molecule has 1 aromatic rings. The summed E-state index contributed by atoms with van der Waals surface area (Å²) in [6.45, 7) is 0.538. The number of carbonyl (C=O) groups is 1. The first-order valence-corrected chi connectivity index (χ1v) is 8.58. The number of rotatable bonds is 3. The van der Waals surface area contributed by atoms with Crippen LogP contribution in [0.2, 0.25) is 0 Å². The van der Waals surface area contributed by atoms with Gasteiger partial charge in [0, 0.05) is 18.2 Å². The van der Waals surface area contributed by atoms with Crippen LogP contribution < -0.4 is 9.62 Å². The number of nitrogens with one attached hydrogen (secondary N) is 1. The van der Waals surface area contributed by atoms with E-state index in [-0.39, 0.29) is 17.6 Å². The SMILES string of the molecule is O=C(Nc1ccc(N2CCCCS2(=O)=O)cc1)C1CC1. The van der Waals surface area contributed by atoms with Crippen LogP contribution in [0.5, 0.6) is 0 Å². The predicted octanol–water partition coefficient (Wildman–Crippen LogP) is 1.97. The minimum Gasteiger partial charge on any atom is -0.326 e. The Morgan fingerprint density at radius 3 is 2.45 bits per heavy atom. The Balaban J connectivity index is 1.73. The number of sulfonamides is 1. The maximum Gasteiger partial charge on any atom is 0.235 e. The maximum atomic E-state index is 12.0. The van der Waals surface area contributed by atoms with Crippen LogP contribution in [-0.4, -0.2) is 26.6 Å². The molecule has 1 saturated carbocycles. The molecule has 0 unspecified atom stereocenters. The van der Waals surface area contributed by atoms with Gasteiger partial charge in [-0.1, -0.05) is 0 Å². The highest BCUT2D eigenvalue weighted by molar-refractivity contribution is 7.92. The smallest absolute Gasteiger partial charge is 0.235 e. The average molecular weight is 294 g/mol. The van der Waals surface area contributed by atoms with Gasteiger partial charge in [-0.2, -0.15) is 0 Å². The van der Waals surface area contributed by atoms with Crippen molar-refractivity contribution < 1.29 is 13.2 Å². The van der Waals surface area contributed by atoms with Crippen molar-refractivity contribution in [1.29, 1.82) is 0 Å². The number of benzene rings is 1. The van der Waals surface area contributed by atoms with Gasteiger partial charge in [0.1, 0.15) is 0 Å². The van der Waals surface area contributed by atoms with E-state index in [2.05, 4.69) is 5.32 Å². The van der Waals surface area contributed by atoms with Gasteiger partial charge in [-0.3, -0.25) is 9.10 Å². The van der Waals surface area contributed by atoms with Crippen LogP contribution in [0, 0.1) is 5.92 Å². The van der Waals surface area contributed by atoms with Gasteiger partial charge in [0.2, 0.25) is 15.9 Å². The highest BCUT2D eigenvalue weighted by atomic mass is 32.2. The van der Waals surface area contributed by atoms with E-state index in [1.54, 1.807) is 24.3 Å². The largest absolute Gasteiger partial charge is 0.326 e. The molecule has 6 heteroatoms. The van der Waals surface area contributed by atoms with E-state index in [0.717, 1.165) is 31.4 Å².